The summed E-state index contributed by atoms with van der Waals surface area (Å²) in [7, 11) is 0. The van der Waals surface area contributed by atoms with Crippen LogP contribution in [0.15, 0.2) is 48.5 Å². The van der Waals surface area contributed by atoms with Crippen molar-refractivity contribution in [3.63, 3.8) is 0 Å². The number of carbonyl (C=O) groups excluding carboxylic acids is 1. The number of rotatable bonds is 2. The first-order valence-corrected chi connectivity index (χ1v) is 7.08. The van der Waals surface area contributed by atoms with Crippen LogP contribution in [0.2, 0.25) is 5.15 Å². The summed E-state index contributed by atoms with van der Waals surface area (Å²) in [5.41, 5.74) is 2.32. The number of hydrogen-bond donors (Lipinski definition) is 2. The van der Waals surface area contributed by atoms with Gasteiger partial charge < -0.3 is 10.4 Å². The first kappa shape index (κ1) is 14.4. The maximum Gasteiger partial charge on any atom is 0.256 e. The van der Waals surface area contributed by atoms with E-state index in [9.17, 15) is 9.90 Å². The lowest BCUT2D eigenvalue weighted by Gasteiger charge is -2.10. The molecule has 5 heteroatoms. The van der Waals surface area contributed by atoms with Gasteiger partial charge in [-0.2, -0.15) is 0 Å². The number of anilines is 1. The zero-order chi connectivity index (χ0) is 15.7. The van der Waals surface area contributed by atoms with Crippen LogP contribution in [0, 0.1) is 6.92 Å². The van der Waals surface area contributed by atoms with Crippen molar-refractivity contribution >= 4 is 34.1 Å². The molecule has 4 nitrogen and oxygen atoms in total. The minimum atomic E-state index is -0.348. The molecular formula is C17H13ClN2O2. The summed E-state index contributed by atoms with van der Waals surface area (Å²) in [6, 6.07) is 13.8. The Labute approximate surface area is 132 Å². The number of aromatic nitrogens is 1. The van der Waals surface area contributed by atoms with E-state index in [0.717, 1.165) is 5.56 Å². The van der Waals surface area contributed by atoms with E-state index in [2.05, 4.69) is 10.3 Å². The van der Waals surface area contributed by atoms with Gasteiger partial charge in [-0.25, -0.2) is 4.98 Å². The summed E-state index contributed by atoms with van der Waals surface area (Å²) in [6.07, 6.45) is 0. The Morgan fingerprint density at radius 3 is 2.73 bits per heavy atom. The molecule has 0 unspecified atom stereocenters. The largest absolute Gasteiger partial charge is 0.506 e. The van der Waals surface area contributed by atoms with Crippen LogP contribution in [0.3, 0.4) is 0 Å². The Morgan fingerprint density at radius 1 is 1.18 bits per heavy atom. The molecule has 0 atom stereocenters. The van der Waals surface area contributed by atoms with Crippen molar-refractivity contribution in [3.8, 4) is 5.75 Å². The van der Waals surface area contributed by atoms with Crippen LogP contribution in [0.25, 0.3) is 10.9 Å². The predicted octanol–water partition coefficient (Wildman–Crippen LogP) is 4.15. The number of aromatic hydroxyl groups is 1. The Bertz CT molecular complexity index is 878. The third-order valence-electron chi connectivity index (χ3n) is 3.33. The topological polar surface area (TPSA) is 62.2 Å². The van der Waals surface area contributed by atoms with Gasteiger partial charge in [0.15, 0.2) is 0 Å². The number of benzene rings is 2. The minimum absolute atomic E-state index is 0.0257. The van der Waals surface area contributed by atoms with Crippen molar-refractivity contribution in [1.82, 2.24) is 4.98 Å². The van der Waals surface area contributed by atoms with Crippen LogP contribution in [0.5, 0.6) is 5.75 Å². The number of hydrogen-bond acceptors (Lipinski definition) is 3. The van der Waals surface area contributed by atoms with E-state index in [-0.39, 0.29) is 16.8 Å². The van der Waals surface area contributed by atoms with Gasteiger partial charge in [-0.3, -0.25) is 4.79 Å². The van der Waals surface area contributed by atoms with Crippen molar-refractivity contribution < 1.29 is 9.90 Å². The Morgan fingerprint density at radius 2 is 1.95 bits per heavy atom. The van der Waals surface area contributed by atoms with Crippen LogP contribution in [0.4, 0.5) is 5.69 Å². The number of para-hydroxylation sites is 1. The third-order valence-corrected chi connectivity index (χ3v) is 3.52. The fourth-order valence-corrected chi connectivity index (χ4v) is 2.47. The molecule has 0 aliphatic heterocycles. The number of aryl methyl sites for hydroxylation is 1. The van der Waals surface area contributed by atoms with Gasteiger partial charge in [-0.15, -0.1) is 0 Å². The summed E-state index contributed by atoms with van der Waals surface area (Å²) in [4.78, 5) is 16.7. The van der Waals surface area contributed by atoms with Gasteiger partial charge in [-0.1, -0.05) is 35.9 Å². The molecule has 0 saturated heterocycles. The minimum Gasteiger partial charge on any atom is -0.506 e. The molecule has 0 bridgehead atoms. The fraction of sp³-hybridized carbons (Fsp3) is 0.0588. The molecule has 0 saturated carbocycles. The van der Waals surface area contributed by atoms with Gasteiger partial charge in [0.2, 0.25) is 0 Å². The molecule has 2 aromatic carbocycles. The van der Waals surface area contributed by atoms with Crippen molar-refractivity contribution in [1.29, 1.82) is 0 Å². The fourth-order valence-electron chi connectivity index (χ4n) is 2.27. The number of phenolic OH excluding ortho intramolecular Hbond substituents is 1. The lowest BCUT2D eigenvalue weighted by Crippen LogP contribution is -2.13. The lowest BCUT2D eigenvalue weighted by molar-refractivity contribution is 0.102. The highest BCUT2D eigenvalue weighted by atomic mass is 35.5. The highest BCUT2D eigenvalue weighted by molar-refractivity contribution is 6.30. The van der Waals surface area contributed by atoms with Crippen LogP contribution in [-0.4, -0.2) is 16.0 Å². The van der Waals surface area contributed by atoms with Crippen LogP contribution in [0.1, 0.15) is 15.9 Å². The summed E-state index contributed by atoms with van der Waals surface area (Å²) in [6.45, 7) is 1.86. The number of halogens is 1. The van der Waals surface area contributed by atoms with E-state index < -0.39 is 0 Å². The monoisotopic (exact) mass is 312 g/mol. The Balaban J connectivity index is 2.02. The van der Waals surface area contributed by atoms with E-state index in [1.165, 1.54) is 6.07 Å². The normalized spacial score (nSPS) is 10.6. The van der Waals surface area contributed by atoms with Crippen LogP contribution < -0.4 is 5.32 Å². The van der Waals surface area contributed by atoms with Crippen molar-refractivity contribution in [2.24, 2.45) is 0 Å². The highest BCUT2D eigenvalue weighted by Gasteiger charge is 2.14. The zero-order valence-corrected chi connectivity index (χ0v) is 12.6. The summed E-state index contributed by atoms with van der Waals surface area (Å²) >= 11 is 5.98. The first-order valence-electron chi connectivity index (χ1n) is 6.71. The summed E-state index contributed by atoms with van der Waals surface area (Å²) < 4.78 is 0. The maximum atomic E-state index is 12.5. The summed E-state index contributed by atoms with van der Waals surface area (Å²) in [5.74, 6) is -0.322. The van der Waals surface area contributed by atoms with Gasteiger partial charge in [0.25, 0.3) is 5.91 Å². The van der Waals surface area contributed by atoms with Gasteiger partial charge >= 0.3 is 0 Å². The molecule has 0 fully saturated rings. The number of nitrogens with zero attached hydrogens (tertiary/aromatic N) is 1. The quantitative estimate of drug-likeness (QED) is 0.552. The molecular weight excluding hydrogens is 300 g/mol. The third kappa shape index (κ3) is 2.73. The van der Waals surface area contributed by atoms with Gasteiger partial charge in [0, 0.05) is 5.39 Å². The Kier molecular flexibility index (Phi) is 3.69. The zero-order valence-electron chi connectivity index (χ0n) is 11.8. The standard InChI is InChI=1S/C17H13ClN2O2/c1-10-6-7-14(15(21)8-10)20-17(22)12-9-16(18)19-13-5-3-2-4-11(12)13/h2-9,21H,1H3,(H,20,22). The lowest BCUT2D eigenvalue weighted by atomic mass is 10.1. The number of phenols is 1. The maximum absolute atomic E-state index is 12.5. The average Bonchev–Trinajstić information content (AvgIpc) is 2.49. The molecule has 0 spiro atoms. The number of amides is 1. The van der Waals surface area contributed by atoms with E-state index >= 15 is 0 Å². The second-order valence-corrected chi connectivity index (χ2v) is 5.37. The summed E-state index contributed by atoms with van der Waals surface area (Å²) in [5, 5.41) is 13.6. The van der Waals surface area contributed by atoms with E-state index in [4.69, 9.17) is 11.6 Å². The van der Waals surface area contributed by atoms with E-state index in [0.29, 0.717) is 22.2 Å². The molecule has 0 radical (unpaired) electrons. The molecule has 0 aliphatic carbocycles. The van der Waals surface area contributed by atoms with Crippen LogP contribution in [-0.2, 0) is 0 Å². The number of carbonyl (C=O) groups is 1. The Hall–Kier alpha value is -2.59. The van der Waals surface area contributed by atoms with Crippen molar-refractivity contribution in [2.45, 2.75) is 6.92 Å². The molecule has 1 aromatic heterocycles. The first-order chi connectivity index (χ1) is 10.5. The smallest absolute Gasteiger partial charge is 0.256 e. The predicted molar refractivity (Wildman–Crippen MR) is 87.6 cm³/mol. The number of pyridine rings is 1. The van der Waals surface area contributed by atoms with E-state index in [1.54, 1.807) is 18.2 Å². The second kappa shape index (κ2) is 5.66. The van der Waals surface area contributed by atoms with E-state index in [1.807, 2.05) is 31.2 Å². The second-order valence-electron chi connectivity index (χ2n) is 4.98. The highest BCUT2D eigenvalue weighted by Crippen LogP contribution is 2.26. The van der Waals surface area contributed by atoms with Gasteiger partial charge in [-0.05, 0) is 36.8 Å². The van der Waals surface area contributed by atoms with Gasteiger partial charge in [0.05, 0.1) is 16.8 Å². The van der Waals surface area contributed by atoms with Crippen molar-refractivity contribution in [3.05, 3.63) is 64.8 Å². The number of fused-ring (bicyclic) bond motifs is 1. The van der Waals surface area contributed by atoms with Gasteiger partial charge in [0.1, 0.15) is 10.9 Å². The molecule has 22 heavy (non-hydrogen) atoms. The number of nitrogens with one attached hydrogen (secondary N) is 1. The molecule has 3 rings (SSSR count). The van der Waals surface area contributed by atoms with Crippen LogP contribution >= 0.6 is 11.6 Å². The molecule has 110 valence electrons. The molecule has 1 heterocycles. The molecule has 3 aromatic rings. The average molecular weight is 313 g/mol. The molecule has 0 aliphatic rings. The molecule has 2 N–H and O–H groups in total. The SMILES string of the molecule is Cc1ccc(NC(=O)c2cc(Cl)nc3ccccc23)c(O)c1. The van der Waals surface area contributed by atoms with Crippen molar-refractivity contribution in [2.75, 3.05) is 5.32 Å². The molecule has 1 amide bonds.